The molecule has 0 radical (unpaired) electrons. The van der Waals surface area contributed by atoms with Gasteiger partial charge in [0.15, 0.2) is 0 Å². The first kappa shape index (κ1) is 17.5. The molecule has 20 heavy (non-hydrogen) atoms. The molecule has 3 atom stereocenters. The van der Waals surface area contributed by atoms with Gasteiger partial charge in [0.2, 0.25) is 6.10 Å². The quantitative estimate of drug-likeness (QED) is 0.765. The second-order valence-electron chi connectivity index (χ2n) is 4.60. The maximum Gasteiger partial charge on any atom is 0.423 e. The van der Waals surface area contributed by atoms with Crippen LogP contribution in [-0.2, 0) is 9.47 Å². The molecule has 1 fully saturated rings. The van der Waals surface area contributed by atoms with Crippen LogP contribution in [-0.4, -0.2) is 50.4 Å². The summed E-state index contributed by atoms with van der Waals surface area (Å²) in [6.45, 7) is 2.04. The molecule has 1 N–H and O–H groups in total. The average Bonchev–Trinajstić information content (AvgIpc) is 2.24. The average molecular weight is 309 g/mol. The zero-order valence-corrected chi connectivity index (χ0v) is 11.0. The smallest absolute Gasteiger partial charge is 0.374 e. The number of alkyl halides is 6. The number of ether oxygens (including phenoxy) is 2. The molecule has 1 rings (SSSR count). The second kappa shape index (κ2) is 6.48. The minimum absolute atomic E-state index is 0.0491. The van der Waals surface area contributed by atoms with Crippen molar-refractivity contribution in [3.05, 3.63) is 0 Å². The molecule has 1 saturated carbocycles. The molecule has 0 aromatic carbocycles. The van der Waals surface area contributed by atoms with Gasteiger partial charge in [-0.2, -0.15) is 26.3 Å². The van der Waals surface area contributed by atoms with Crippen LogP contribution in [0.1, 0.15) is 19.8 Å². The molecule has 0 aliphatic heterocycles. The highest BCUT2D eigenvalue weighted by atomic mass is 19.4. The lowest BCUT2D eigenvalue weighted by atomic mass is 9.85. The molecule has 1 aliphatic rings. The number of hydrogen-bond donors (Lipinski definition) is 1. The Morgan fingerprint density at radius 2 is 1.70 bits per heavy atom. The Bertz CT molecular complexity index is 292. The van der Waals surface area contributed by atoms with Gasteiger partial charge in [0.1, 0.15) is 0 Å². The van der Waals surface area contributed by atoms with E-state index < -0.39 is 30.7 Å². The van der Waals surface area contributed by atoms with E-state index >= 15 is 0 Å². The van der Waals surface area contributed by atoms with Crippen molar-refractivity contribution in [2.45, 2.75) is 56.5 Å². The third-order valence-corrected chi connectivity index (χ3v) is 3.04. The monoisotopic (exact) mass is 309 g/mol. The van der Waals surface area contributed by atoms with E-state index in [1.807, 2.05) is 0 Å². The molecule has 0 bridgehead atoms. The third kappa shape index (κ3) is 4.23. The first-order chi connectivity index (χ1) is 9.11. The molecule has 0 amide bonds. The summed E-state index contributed by atoms with van der Waals surface area (Å²) in [5, 5.41) is 2.77. The Morgan fingerprint density at radius 3 is 2.10 bits per heavy atom. The Kier molecular flexibility index (Phi) is 5.68. The van der Waals surface area contributed by atoms with E-state index in [-0.39, 0.29) is 19.1 Å². The summed E-state index contributed by atoms with van der Waals surface area (Å²) >= 11 is 0. The van der Waals surface area contributed by atoms with E-state index in [0.29, 0.717) is 6.42 Å². The predicted molar refractivity (Wildman–Crippen MR) is 58.3 cm³/mol. The fraction of sp³-hybridized carbons (Fsp3) is 1.00. The molecule has 0 aromatic rings. The Hall–Kier alpha value is -0.540. The van der Waals surface area contributed by atoms with Crippen molar-refractivity contribution in [1.29, 1.82) is 0 Å². The maximum atomic E-state index is 12.4. The van der Waals surface area contributed by atoms with Crippen LogP contribution >= 0.6 is 0 Å². The van der Waals surface area contributed by atoms with Crippen LogP contribution in [0.4, 0.5) is 26.3 Å². The third-order valence-electron chi connectivity index (χ3n) is 3.04. The lowest BCUT2D eigenvalue weighted by Crippen LogP contribution is -2.62. The summed E-state index contributed by atoms with van der Waals surface area (Å²) in [6, 6.07) is -0.298. The van der Waals surface area contributed by atoms with Gasteiger partial charge in [-0.15, -0.1) is 0 Å². The first-order valence-corrected chi connectivity index (χ1v) is 6.19. The van der Waals surface area contributed by atoms with Gasteiger partial charge in [0.05, 0.1) is 12.2 Å². The topological polar surface area (TPSA) is 30.5 Å². The van der Waals surface area contributed by atoms with Crippen molar-refractivity contribution < 1.29 is 35.8 Å². The zero-order chi connectivity index (χ0) is 15.6. The standard InChI is InChI=1S/C11H17F6NO2/c1-3-4-19-8-6(18-2)5-7(8)20-9(10(12,13)14)11(15,16)17/h6-9,18H,3-5H2,1-2H3. The molecule has 9 heteroatoms. The van der Waals surface area contributed by atoms with Gasteiger partial charge in [-0.1, -0.05) is 6.92 Å². The predicted octanol–water partition coefficient (Wildman–Crippen LogP) is 2.65. The molecule has 0 spiro atoms. The minimum Gasteiger partial charge on any atom is -0.374 e. The fourth-order valence-electron chi connectivity index (χ4n) is 1.99. The van der Waals surface area contributed by atoms with Crippen LogP contribution in [0.5, 0.6) is 0 Å². The second-order valence-corrected chi connectivity index (χ2v) is 4.60. The molecule has 0 heterocycles. The lowest BCUT2D eigenvalue weighted by Gasteiger charge is -2.45. The number of nitrogens with one attached hydrogen (secondary N) is 1. The van der Waals surface area contributed by atoms with E-state index in [9.17, 15) is 26.3 Å². The van der Waals surface area contributed by atoms with E-state index in [1.54, 1.807) is 14.0 Å². The highest BCUT2D eigenvalue weighted by Gasteiger charge is 2.60. The number of likely N-dealkylation sites (N-methyl/N-ethyl adjacent to an activating group) is 1. The van der Waals surface area contributed by atoms with Crippen molar-refractivity contribution in [2.75, 3.05) is 13.7 Å². The number of halogens is 6. The van der Waals surface area contributed by atoms with Crippen LogP contribution in [0.25, 0.3) is 0 Å². The van der Waals surface area contributed by atoms with Crippen LogP contribution < -0.4 is 5.32 Å². The molecule has 3 unspecified atom stereocenters. The molecule has 0 saturated heterocycles. The lowest BCUT2D eigenvalue weighted by molar-refractivity contribution is -0.345. The Morgan fingerprint density at radius 1 is 1.15 bits per heavy atom. The van der Waals surface area contributed by atoms with Gasteiger partial charge in [-0.25, -0.2) is 0 Å². The summed E-state index contributed by atoms with van der Waals surface area (Å²) in [7, 11) is 1.56. The zero-order valence-electron chi connectivity index (χ0n) is 11.0. The first-order valence-electron chi connectivity index (χ1n) is 6.19. The SMILES string of the molecule is CCCOC1C(NC)CC1OC(C(F)(F)F)C(F)(F)F. The Labute approximate surface area is 112 Å². The number of rotatable bonds is 6. The normalized spacial score (nSPS) is 27.8. The molecule has 120 valence electrons. The fourth-order valence-corrected chi connectivity index (χ4v) is 1.99. The van der Waals surface area contributed by atoms with Crippen LogP contribution in [0.3, 0.4) is 0 Å². The van der Waals surface area contributed by atoms with Crippen LogP contribution in [0, 0.1) is 0 Å². The minimum atomic E-state index is -5.49. The highest BCUT2D eigenvalue weighted by molar-refractivity contribution is 4.98. The molecule has 1 aliphatic carbocycles. The van der Waals surface area contributed by atoms with Crippen LogP contribution in [0.2, 0.25) is 0 Å². The Balaban J connectivity index is 2.69. The van der Waals surface area contributed by atoms with Crippen molar-refractivity contribution in [2.24, 2.45) is 0 Å². The van der Waals surface area contributed by atoms with Gasteiger partial charge < -0.3 is 14.8 Å². The van der Waals surface area contributed by atoms with Gasteiger partial charge in [0, 0.05) is 12.6 Å². The van der Waals surface area contributed by atoms with Crippen LogP contribution in [0.15, 0.2) is 0 Å². The van der Waals surface area contributed by atoms with Crippen molar-refractivity contribution >= 4 is 0 Å². The maximum absolute atomic E-state index is 12.4. The summed E-state index contributed by atoms with van der Waals surface area (Å²) in [5.74, 6) is 0. The van der Waals surface area contributed by atoms with Crippen molar-refractivity contribution in [3.8, 4) is 0 Å². The summed E-state index contributed by atoms with van der Waals surface area (Å²) in [6.07, 6.45) is -16.1. The largest absolute Gasteiger partial charge is 0.423 e. The highest BCUT2D eigenvalue weighted by Crippen LogP contribution is 2.39. The van der Waals surface area contributed by atoms with Gasteiger partial charge in [0.25, 0.3) is 0 Å². The van der Waals surface area contributed by atoms with Gasteiger partial charge >= 0.3 is 12.4 Å². The van der Waals surface area contributed by atoms with Crippen molar-refractivity contribution in [3.63, 3.8) is 0 Å². The molecular weight excluding hydrogens is 292 g/mol. The number of hydrogen-bond acceptors (Lipinski definition) is 3. The van der Waals surface area contributed by atoms with Crippen molar-refractivity contribution in [1.82, 2.24) is 5.32 Å². The van der Waals surface area contributed by atoms with E-state index in [0.717, 1.165) is 0 Å². The summed E-state index contributed by atoms with van der Waals surface area (Å²) in [4.78, 5) is 0. The summed E-state index contributed by atoms with van der Waals surface area (Å²) in [5.41, 5.74) is 0. The summed E-state index contributed by atoms with van der Waals surface area (Å²) < 4.78 is 83.9. The molecule has 0 aromatic heterocycles. The van der Waals surface area contributed by atoms with E-state index in [4.69, 9.17) is 4.74 Å². The molecular formula is C11H17F6NO2. The van der Waals surface area contributed by atoms with E-state index in [1.165, 1.54) is 0 Å². The van der Waals surface area contributed by atoms with E-state index in [2.05, 4.69) is 10.1 Å². The molecule has 3 nitrogen and oxygen atoms in total. The van der Waals surface area contributed by atoms with Gasteiger partial charge in [-0.05, 0) is 19.9 Å². The van der Waals surface area contributed by atoms with Gasteiger partial charge in [-0.3, -0.25) is 0 Å².